The highest BCUT2D eigenvalue weighted by Gasteiger charge is 2.38. The lowest BCUT2D eigenvalue weighted by Gasteiger charge is -2.19. The van der Waals surface area contributed by atoms with Gasteiger partial charge in [0.05, 0.1) is 11.9 Å². The quantitative estimate of drug-likeness (QED) is 0.745. The van der Waals surface area contributed by atoms with Crippen LogP contribution in [0.5, 0.6) is 0 Å². The lowest BCUT2D eigenvalue weighted by Crippen LogP contribution is -2.23. The Morgan fingerprint density at radius 2 is 2.00 bits per heavy atom. The van der Waals surface area contributed by atoms with Gasteiger partial charge in [-0.25, -0.2) is 5.09 Å². The predicted molar refractivity (Wildman–Crippen MR) is 84.3 cm³/mol. The average Bonchev–Trinajstić information content (AvgIpc) is 3.26. The fourth-order valence-corrected chi connectivity index (χ4v) is 4.05. The first kappa shape index (κ1) is 18.1. The number of aromatic nitrogens is 2. The molecule has 0 bridgehead atoms. The highest BCUT2D eigenvalue weighted by Crippen LogP contribution is 2.43. The molecule has 0 radical (unpaired) electrons. The summed E-state index contributed by atoms with van der Waals surface area (Å²) in [5.74, 6) is -1.07. The third-order valence-corrected chi connectivity index (χ3v) is 5.93. The number of nitrogens with one attached hydrogen (secondary N) is 1. The summed E-state index contributed by atoms with van der Waals surface area (Å²) in [6.45, 7) is 2.63. The van der Waals surface area contributed by atoms with E-state index >= 15 is 0 Å². The number of alkyl halides is 3. The highest BCUT2D eigenvalue weighted by molar-refractivity contribution is 7.65. The SMILES string of the molecule is CCOP(=O)(NCC1CC1)c1ccc(-c2noc(C(F)(F)F)n2)cc1. The number of rotatable bonds is 7. The van der Waals surface area contributed by atoms with Gasteiger partial charge in [-0.05, 0) is 37.8 Å². The Morgan fingerprint density at radius 3 is 2.52 bits per heavy atom. The van der Waals surface area contributed by atoms with Crippen LogP contribution in [-0.4, -0.2) is 23.3 Å². The molecule has 1 fully saturated rings. The zero-order chi connectivity index (χ0) is 18.1. The Balaban J connectivity index is 1.79. The molecule has 1 heterocycles. The van der Waals surface area contributed by atoms with E-state index in [1.165, 1.54) is 24.3 Å². The van der Waals surface area contributed by atoms with Gasteiger partial charge >= 0.3 is 12.1 Å². The molecule has 6 nitrogen and oxygen atoms in total. The lowest BCUT2D eigenvalue weighted by molar-refractivity contribution is -0.159. The summed E-state index contributed by atoms with van der Waals surface area (Å²) in [5, 5.41) is 6.76. The molecule has 1 aliphatic rings. The van der Waals surface area contributed by atoms with Crippen molar-refractivity contribution in [2.45, 2.75) is 25.9 Å². The summed E-state index contributed by atoms with van der Waals surface area (Å²) in [6.07, 6.45) is -2.47. The van der Waals surface area contributed by atoms with Gasteiger partial charge in [-0.15, -0.1) is 0 Å². The van der Waals surface area contributed by atoms with Crippen LogP contribution in [0.4, 0.5) is 13.2 Å². The largest absolute Gasteiger partial charge is 0.471 e. The molecule has 0 amide bonds. The maximum absolute atomic E-state index is 13.0. The third kappa shape index (κ3) is 4.29. The molecular weight excluding hydrogens is 358 g/mol. The molecule has 1 N–H and O–H groups in total. The van der Waals surface area contributed by atoms with Gasteiger partial charge in [0, 0.05) is 12.1 Å². The van der Waals surface area contributed by atoms with Crippen LogP contribution in [0.3, 0.4) is 0 Å². The average molecular weight is 375 g/mol. The smallest absolute Gasteiger partial charge is 0.329 e. The van der Waals surface area contributed by atoms with Crippen LogP contribution in [0.25, 0.3) is 11.4 Å². The molecule has 0 aliphatic heterocycles. The summed E-state index contributed by atoms with van der Waals surface area (Å²) in [5.41, 5.74) is 0.327. The molecule has 0 spiro atoms. The van der Waals surface area contributed by atoms with Crippen molar-refractivity contribution in [1.82, 2.24) is 15.2 Å². The van der Waals surface area contributed by atoms with Crippen molar-refractivity contribution in [3.05, 3.63) is 30.2 Å². The molecule has 10 heteroatoms. The van der Waals surface area contributed by atoms with Gasteiger partial charge in [-0.1, -0.05) is 17.3 Å². The summed E-state index contributed by atoms with van der Waals surface area (Å²) < 4.78 is 60.2. The Hall–Kier alpha value is -1.70. The van der Waals surface area contributed by atoms with E-state index in [-0.39, 0.29) is 12.4 Å². The van der Waals surface area contributed by atoms with Crippen LogP contribution in [0.15, 0.2) is 28.8 Å². The maximum Gasteiger partial charge on any atom is 0.471 e. The van der Waals surface area contributed by atoms with Gasteiger partial charge in [0.1, 0.15) is 0 Å². The first-order valence-electron chi connectivity index (χ1n) is 7.83. The third-order valence-electron chi connectivity index (χ3n) is 3.73. The first-order valence-corrected chi connectivity index (χ1v) is 9.46. The minimum atomic E-state index is -4.69. The lowest BCUT2D eigenvalue weighted by atomic mass is 10.2. The number of hydrogen-bond acceptors (Lipinski definition) is 5. The van der Waals surface area contributed by atoms with Crippen LogP contribution < -0.4 is 10.4 Å². The van der Waals surface area contributed by atoms with Crippen LogP contribution in [0.1, 0.15) is 25.7 Å². The number of hydrogen-bond donors (Lipinski definition) is 1. The van der Waals surface area contributed by atoms with Gasteiger partial charge in [-0.2, -0.15) is 18.2 Å². The second kappa shape index (κ2) is 6.90. The van der Waals surface area contributed by atoms with Gasteiger partial charge in [0.2, 0.25) is 5.82 Å². The van der Waals surface area contributed by atoms with Crippen molar-refractivity contribution >= 4 is 12.8 Å². The monoisotopic (exact) mass is 375 g/mol. The minimum Gasteiger partial charge on any atom is -0.329 e. The molecule has 0 saturated heterocycles. The molecule has 1 aromatic carbocycles. The zero-order valence-electron chi connectivity index (χ0n) is 13.4. The van der Waals surface area contributed by atoms with Crippen molar-refractivity contribution in [2.75, 3.05) is 13.2 Å². The maximum atomic E-state index is 13.0. The van der Waals surface area contributed by atoms with E-state index in [1.54, 1.807) is 6.92 Å². The molecule has 1 aromatic heterocycles. The predicted octanol–water partition coefficient (Wildman–Crippen LogP) is 3.61. The molecule has 1 aliphatic carbocycles. The molecular formula is C15H17F3N3O3P. The Kier molecular flexibility index (Phi) is 4.99. The van der Waals surface area contributed by atoms with Crippen LogP contribution in [-0.2, 0) is 15.3 Å². The van der Waals surface area contributed by atoms with Gasteiger partial charge in [0.25, 0.3) is 7.52 Å². The van der Waals surface area contributed by atoms with Crippen molar-refractivity contribution < 1.29 is 26.8 Å². The second-order valence-corrected chi connectivity index (χ2v) is 7.94. The van der Waals surface area contributed by atoms with E-state index in [0.29, 0.717) is 23.3 Å². The molecule has 3 rings (SSSR count). The standard InChI is InChI=1S/C15H17F3N3O3P/c1-2-23-25(22,19-9-10-3-4-10)12-7-5-11(6-8-12)13-20-14(24-21-13)15(16,17)18/h5-8,10H,2-4,9H2,1H3,(H,19,22). The van der Waals surface area contributed by atoms with E-state index in [2.05, 4.69) is 19.8 Å². The van der Waals surface area contributed by atoms with E-state index in [4.69, 9.17) is 4.52 Å². The number of benzene rings is 1. The van der Waals surface area contributed by atoms with Crippen molar-refractivity contribution in [2.24, 2.45) is 5.92 Å². The fraction of sp³-hybridized carbons (Fsp3) is 0.467. The molecule has 136 valence electrons. The van der Waals surface area contributed by atoms with Gasteiger partial charge < -0.3 is 9.05 Å². The summed E-state index contributed by atoms with van der Waals surface area (Å²) >= 11 is 0. The summed E-state index contributed by atoms with van der Waals surface area (Å²) in [7, 11) is -3.21. The first-order chi connectivity index (χ1) is 11.8. The van der Waals surface area contributed by atoms with Crippen molar-refractivity contribution in [3.63, 3.8) is 0 Å². The Morgan fingerprint density at radius 1 is 1.32 bits per heavy atom. The summed E-state index contributed by atoms with van der Waals surface area (Å²) in [6, 6.07) is 6.06. The molecule has 2 aromatic rings. The second-order valence-electron chi connectivity index (χ2n) is 5.74. The number of halogens is 3. The van der Waals surface area contributed by atoms with Crippen LogP contribution in [0, 0.1) is 5.92 Å². The van der Waals surface area contributed by atoms with Crippen LogP contribution in [0.2, 0.25) is 0 Å². The highest BCUT2D eigenvalue weighted by atomic mass is 31.2. The molecule has 25 heavy (non-hydrogen) atoms. The van der Waals surface area contributed by atoms with Gasteiger partial charge in [-0.3, -0.25) is 4.57 Å². The molecule has 1 saturated carbocycles. The van der Waals surface area contributed by atoms with E-state index in [9.17, 15) is 17.7 Å². The van der Waals surface area contributed by atoms with Crippen molar-refractivity contribution in [1.29, 1.82) is 0 Å². The Bertz CT molecular complexity index is 772. The van der Waals surface area contributed by atoms with Gasteiger partial charge in [0.15, 0.2) is 0 Å². The number of nitrogens with zero attached hydrogens (tertiary/aromatic N) is 2. The Labute approximate surface area is 142 Å². The molecule has 1 atom stereocenters. The van der Waals surface area contributed by atoms with E-state index in [1.807, 2.05) is 0 Å². The van der Waals surface area contributed by atoms with Crippen LogP contribution >= 0.6 is 7.52 Å². The zero-order valence-corrected chi connectivity index (χ0v) is 14.3. The summed E-state index contributed by atoms with van der Waals surface area (Å²) in [4.78, 5) is 3.33. The van der Waals surface area contributed by atoms with E-state index < -0.39 is 19.6 Å². The van der Waals surface area contributed by atoms with E-state index in [0.717, 1.165) is 12.8 Å². The van der Waals surface area contributed by atoms with Crippen molar-refractivity contribution in [3.8, 4) is 11.4 Å². The minimum absolute atomic E-state index is 0.184. The normalized spacial score (nSPS) is 17.4. The topological polar surface area (TPSA) is 77.2 Å². The molecule has 1 unspecified atom stereocenters. The fourth-order valence-electron chi connectivity index (χ4n) is 2.23.